The number of para-hydroxylation sites is 9. The molecule has 656 valence electrons. The van der Waals surface area contributed by atoms with Crippen LogP contribution in [0.3, 0.4) is 0 Å². The Labute approximate surface area is 800 Å². The van der Waals surface area contributed by atoms with Crippen molar-refractivity contribution in [3.63, 3.8) is 0 Å². The smallest absolute Gasteiger partial charge is 0.137 e. The quantitative estimate of drug-likeness (QED) is 0.167. The maximum absolute atomic E-state index is 6.41. The van der Waals surface area contributed by atoms with E-state index in [-0.39, 0.29) is 16.2 Å². The Balaban J connectivity index is 0.0000000984. The van der Waals surface area contributed by atoms with E-state index in [1.807, 2.05) is 24.3 Å². The van der Waals surface area contributed by atoms with Gasteiger partial charge in [0.2, 0.25) is 0 Å². The summed E-state index contributed by atoms with van der Waals surface area (Å²) in [4.78, 5) is 0. The van der Waals surface area contributed by atoms with Gasteiger partial charge in [-0.05, 0) is 201 Å². The molecule has 139 heavy (non-hydrogen) atoms. The summed E-state index contributed by atoms with van der Waals surface area (Å²) in [5, 5.41) is 19.8. The molecule has 28 aromatic rings. The Morgan fingerprint density at radius 2 is 0.547 bits per heavy atom. The minimum atomic E-state index is -0.138. The van der Waals surface area contributed by atoms with E-state index >= 15 is 0 Å². The van der Waals surface area contributed by atoms with Crippen molar-refractivity contribution < 1.29 is 8.83 Å². The second-order valence-corrected chi connectivity index (χ2v) is 39.9. The lowest BCUT2D eigenvalue weighted by Gasteiger charge is -2.27. The van der Waals surface area contributed by atoms with E-state index in [1.165, 1.54) is 246 Å². The largest absolute Gasteiger partial charge is 0.456 e. The van der Waals surface area contributed by atoms with Crippen LogP contribution in [0, 0.1) is 0 Å². The molecule has 8 heterocycles. The number of hydrogen-bond acceptors (Lipinski definition) is 2. The zero-order chi connectivity index (χ0) is 91.6. The second-order valence-electron chi connectivity index (χ2n) is 39.9. The highest BCUT2D eigenvalue weighted by Gasteiger charge is 2.46. The molecular formula is C131H90N6O2. The summed E-state index contributed by atoms with van der Waals surface area (Å²) in [6.07, 6.45) is 5.07. The van der Waals surface area contributed by atoms with Crippen molar-refractivity contribution in [1.29, 1.82) is 0 Å². The number of aromatic nitrogens is 6. The van der Waals surface area contributed by atoms with E-state index in [2.05, 4.69) is 455 Å². The van der Waals surface area contributed by atoms with Crippen molar-refractivity contribution in [3.05, 3.63) is 458 Å². The second kappa shape index (κ2) is 28.9. The molecule has 4 aliphatic rings. The predicted octanol–water partition coefficient (Wildman–Crippen LogP) is 34.9. The highest BCUT2D eigenvalue weighted by molar-refractivity contribution is 6.30. The maximum Gasteiger partial charge on any atom is 0.137 e. The maximum atomic E-state index is 6.41. The molecule has 0 atom stereocenters. The molecular weight excluding hydrogens is 1690 g/mol. The summed E-state index contributed by atoms with van der Waals surface area (Å²) in [5.74, 6) is 0. The lowest BCUT2D eigenvalue weighted by molar-refractivity contribution is 0.549. The molecule has 1 spiro atoms. The van der Waals surface area contributed by atoms with Gasteiger partial charge in [0.15, 0.2) is 0 Å². The van der Waals surface area contributed by atoms with Crippen molar-refractivity contribution in [3.8, 4) is 67.5 Å². The first-order chi connectivity index (χ1) is 68.5. The van der Waals surface area contributed by atoms with Gasteiger partial charge in [0.25, 0.3) is 0 Å². The molecule has 8 heteroatoms. The first-order valence-corrected chi connectivity index (χ1v) is 49.0. The molecule has 8 aromatic heterocycles. The van der Waals surface area contributed by atoms with Gasteiger partial charge >= 0.3 is 0 Å². The average molecular weight is 1780 g/mol. The van der Waals surface area contributed by atoms with Crippen molar-refractivity contribution in [1.82, 2.24) is 27.4 Å². The van der Waals surface area contributed by atoms with E-state index in [0.29, 0.717) is 0 Å². The molecule has 0 unspecified atom stereocenters. The first kappa shape index (κ1) is 78.2. The average Bonchev–Trinajstić information content (AvgIpc) is 1.54. The van der Waals surface area contributed by atoms with Crippen LogP contribution in [0.4, 0.5) is 0 Å². The van der Waals surface area contributed by atoms with Crippen molar-refractivity contribution in [2.75, 3.05) is 0 Å². The molecule has 32 rings (SSSR count). The third-order valence-corrected chi connectivity index (χ3v) is 32.3. The molecule has 0 aliphatic heterocycles. The van der Waals surface area contributed by atoms with Crippen LogP contribution in [0.2, 0.25) is 0 Å². The molecule has 0 amide bonds. The number of rotatable bonds is 6. The molecule has 4 aliphatic carbocycles. The number of benzene rings is 20. The van der Waals surface area contributed by atoms with Gasteiger partial charge in [0, 0.05) is 143 Å². The van der Waals surface area contributed by atoms with Gasteiger partial charge in [-0.25, -0.2) is 0 Å². The highest BCUT2D eigenvalue weighted by Crippen LogP contribution is 2.60. The summed E-state index contributed by atoms with van der Waals surface area (Å²) in [6.45, 7) is 9.46. The van der Waals surface area contributed by atoms with Gasteiger partial charge in [-0.2, -0.15) is 0 Å². The molecule has 20 aromatic carbocycles. The van der Waals surface area contributed by atoms with Gasteiger partial charge < -0.3 is 36.2 Å². The van der Waals surface area contributed by atoms with Crippen LogP contribution in [0.5, 0.6) is 0 Å². The fourth-order valence-electron chi connectivity index (χ4n) is 26.4. The fraction of sp³-hybridized carbons (Fsp3) is 0.0840. The Morgan fingerprint density at radius 1 is 0.201 bits per heavy atom. The summed E-state index contributed by atoms with van der Waals surface area (Å²) in [6, 6.07) is 156. The fourth-order valence-corrected chi connectivity index (χ4v) is 26.4. The van der Waals surface area contributed by atoms with Crippen LogP contribution in [0.25, 0.3) is 242 Å². The van der Waals surface area contributed by atoms with Crippen LogP contribution >= 0.6 is 0 Å². The monoisotopic (exact) mass is 1780 g/mol. The van der Waals surface area contributed by atoms with Gasteiger partial charge in [-0.15, -0.1) is 0 Å². The van der Waals surface area contributed by atoms with Crippen LogP contribution in [-0.2, 0) is 16.2 Å². The third-order valence-electron chi connectivity index (χ3n) is 32.3. The van der Waals surface area contributed by atoms with Crippen molar-refractivity contribution >= 4 is 175 Å². The van der Waals surface area contributed by atoms with Crippen LogP contribution in [0.1, 0.15) is 86.8 Å². The van der Waals surface area contributed by atoms with Gasteiger partial charge in [-0.1, -0.05) is 326 Å². The Kier molecular flexibility index (Phi) is 16.3. The summed E-state index contributed by atoms with van der Waals surface area (Å²) >= 11 is 0. The van der Waals surface area contributed by atoms with Crippen LogP contribution in [0.15, 0.2) is 433 Å². The Morgan fingerprint density at radius 3 is 1.06 bits per heavy atom. The zero-order valence-electron chi connectivity index (χ0n) is 77.2. The number of furan rings is 2. The topological polar surface area (TPSA) is 55.9 Å². The SMILES string of the molecule is CC1(C)c2ccccc2-c2c(-n3c4ccccc4c4c3ccc3c5ccccc5n(-c5ccc6c(c5)oc5ccccc56)c34)cccc21.CC1(C)c2ccccc2-c2cccc(-n3c4ccccc4c4c3ccc3c5ccccc5n(-c5ccc6c(c5)oc5ccccc56)c34)c21.c1ccc(-n2c3ccccc3c3c2ccc2c4ccccc4n(-c4ccc5c(c4)C4(CCCC4)c4ccccc4-5)c23)cc1. The first-order valence-electron chi connectivity index (χ1n) is 49.0. The molecule has 0 N–H and O–H groups in total. The lowest BCUT2D eigenvalue weighted by Crippen LogP contribution is -2.20. The summed E-state index contributed by atoms with van der Waals surface area (Å²) in [5.41, 5.74) is 42.1. The molecule has 1 fully saturated rings. The van der Waals surface area contributed by atoms with Gasteiger partial charge in [-0.3, -0.25) is 0 Å². The number of fused-ring (bicyclic) bond motifs is 38. The summed E-state index contributed by atoms with van der Waals surface area (Å²) < 4.78 is 27.7. The molecule has 1 saturated carbocycles. The van der Waals surface area contributed by atoms with Gasteiger partial charge in [0.1, 0.15) is 22.3 Å². The molecule has 0 bridgehead atoms. The molecule has 0 saturated heterocycles. The van der Waals surface area contributed by atoms with Crippen LogP contribution in [-0.4, -0.2) is 27.4 Å². The van der Waals surface area contributed by atoms with E-state index in [9.17, 15) is 0 Å². The van der Waals surface area contributed by atoms with E-state index in [0.717, 1.165) is 55.3 Å². The normalized spacial score (nSPS) is 14.2. The van der Waals surface area contributed by atoms with Crippen LogP contribution < -0.4 is 0 Å². The zero-order valence-corrected chi connectivity index (χ0v) is 77.2. The minimum Gasteiger partial charge on any atom is -0.456 e. The molecule has 0 radical (unpaired) electrons. The van der Waals surface area contributed by atoms with Gasteiger partial charge in [0.05, 0.1) is 77.6 Å². The lowest BCUT2D eigenvalue weighted by atomic mass is 9.77. The number of hydrogen-bond donors (Lipinski definition) is 0. The molecule has 8 nitrogen and oxygen atoms in total. The standard InChI is InChI=1S/2C45H30N2O.C41H30N2/c1-45(2)34-16-7-3-14-32(34)42-35(45)17-11-20-38(42)47-37-19-9-5-15-33(37)43-39(47)25-24-31-28-12-4-8-18-36(28)46(44(31)43)27-22-23-30-29-13-6-10-21-40(29)48-41(30)26-27;1-45(2)35-17-7-3-12-28(35)32-16-11-20-39(43(32)45)47-37-19-9-5-15-34(37)42-38(47)25-24-33-29-13-4-8-18-36(29)46(44(33)42)27-22-23-31-30-14-6-10-21-40(30)48-41(31)26-27;1-2-12-27(13-3-1)42-37-19-9-6-16-33(37)39-38(42)23-22-32-31-15-5-8-18-36(31)43(40(32)39)28-20-21-30-29-14-4-7-17-34(29)41(35(30)26-28)24-10-11-25-41/h2*3-26H,1-2H3;1-9,12-23,26H,10-11,24-25H2. The van der Waals surface area contributed by atoms with E-state index in [1.54, 1.807) is 0 Å². The predicted molar refractivity (Wildman–Crippen MR) is 580 cm³/mol. The van der Waals surface area contributed by atoms with Crippen molar-refractivity contribution in [2.45, 2.75) is 69.6 Å². The van der Waals surface area contributed by atoms with E-state index in [4.69, 9.17) is 8.83 Å². The van der Waals surface area contributed by atoms with Crippen molar-refractivity contribution in [2.24, 2.45) is 0 Å². The minimum absolute atomic E-state index is 0.0737. The number of nitrogens with zero attached hydrogens (tertiary/aromatic N) is 6. The Hall–Kier alpha value is -17.2. The Bertz CT molecular complexity index is 10200. The highest BCUT2D eigenvalue weighted by atomic mass is 16.3. The third kappa shape index (κ3) is 10.7. The summed E-state index contributed by atoms with van der Waals surface area (Å²) in [7, 11) is 0. The van der Waals surface area contributed by atoms with E-state index < -0.39 is 0 Å².